The summed E-state index contributed by atoms with van der Waals surface area (Å²) in [6, 6.07) is 6.70. The minimum Gasteiger partial charge on any atom is -0.370 e. The molecule has 3 rings (SSSR count). The number of rotatable bonds is 5. The third-order valence-corrected chi connectivity index (χ3v) is 3.90. The van der Waals surface area contributed by atoms with E-state index in [4.69, 9.17) is 11.6 Å². The van der Waals surface area contributed by atoms with Gasteiger partial charge >= 0.3 is 0 Å². The molecule has 0 unspecified atom stereocenters. The Morgan fingerprint density at radius 1 is 1.33 bits per heavy atom. The first-order valence-electron chi connectivity index (χ1n) is 7.22. The molecule has 1 aliphatic rings. The number of benzene rings is 1. The van der Waals surface area contributed by atoms with Gasteiger partial charge in [0.05, 0.1) is 0 Å². The average molecular weight is 306 g/mol. The predicted octanol–water partition coefficient (Wildman–Crippen LogP) is 4.17. The average Bonchev–Trinajstić information content (AvgIpc) is 3.28. The summed E-state index contributed by atoms with van der Waals surface area (Å²) >= 11 is 6.08. The number of hydrogen-bond donors (Lipinski definition) is 1. The molecule has 1 saturated carbocycles. The van der Waals surface area contributed by atoms with Crippen molar-refractivity contribution in [3.63, 3.8) is 0 Å². The Balaban J connectivity index is 1.93. The molecule has 21 heavy (non-hydrogen) atoms. The Kier molecular flexibility index (Phi) is 4.06. The van der Waals surface area contributed by atoms with Crippen LogP contribution in [0.5, 0.6) is 0 Å². The second-order valence-corrected chi connectivity index (χ2v) is 5.68. The number of nitrogens with one attached hydrogen (secondary N) is 1. The zero-order chi connectivity index (χ0) is 14.8. The fourth-order valence-electron chi connectivity index (χ4n) is 2.32. The molecule has 0 radical (unpaired) electrons. The molecule has 0 bridgehead atoms. The Hall–Kier alpha value is -1.68. The van der Waals surface area contributed by atoms with Crippen molar-refractivity contribution in [3.8, 4) is 0 Å². The molecule has 1 aromatic heterocycles. The molecule has 0 amide bonds. The fourth-order valence-corrected chi connectivity index (χ4v) is 2.55. The molecule has 0 aliphatic heterocycles. The molecule has 0 saturated heterocycles. The molecule has 1 fully saturated rings. The number of halogens is 2. The van der Waals surface area contributed by atoms with Gasteiger partial charge in [0.2, 0.25) is 0 Å². The van der Waals surface area contributed by atoms with Gasteiger partial charge in [-0.1, -0.05) is 17.7 Å². The van der Waals surface area contributed by atoms with Gasteiger partial charge in [0.1, 0.15) is 17.5 Å². The highest BCUT2D eigenvalue weighted by Crippen LogP contribution is 2.39. The fraction of sp³-hybridized carbons (Fsp3) is 0.375. The first-order chi connectivity index (χ1) is 10.2. The molecule has 0 atom stereocenters. The molecule has 2 aromatic rings. The summed E-state index contributed by atoms with van der Waals surface area (Å²) in [5, 5.41) is 3.63. The van der Waals surface area contributed by atoms with Crippen LogP contribution in [-0.4, -0.2) is 16.5 Å². The molecular weight excluding hydrogens is 289 g/mol. The number of anilines is 1. The predicted molar refractivity (Wildman–Crippen MR) is 82.4 cm³/mol. The summed E-state index contributed by atoms with van der Waals surface area (Å²) < 4.78 is 13.9. The van der Waals surface area contributed by atoms with E-state index in [2.05, 4.69) is 15.3 Å². The van der Waals surface area contributed by atoms with Crippen LogP contribution < -0.4 is 5.32 Å². The largest absolute Gasteiger partial charge is 0.370 e. The maximum atomic E-state index is 13.9. The van der Waals surface area contributed by atoms with Gasteiger partial charge in [-0.3, -0.25) is 0 Å². The van der Waals surface area contributed by atoms with Crippen molar-refractivity contribution in [3.05, 3.63) is 52.2 Å². The molecular formula is C16H17ClFN3. The van der Waals surface area contributed by atoms with Crippen LogP contribution in [-0.2, 0) is 6.42 Å². The molecule has 110 valence electrons. The van der Waals surface area contributed by atoms with Gasteiger partial charge in [0, 0.05) is 41.2 Å². The maximum absolute atomic E-state index is 13.9. The van der Waals surface area contributed by atoms with Gasteiger partial charge < -0.3 is 5.32 Å². The number of aromatic nitrogens is 2. The lowest BCUT2D eigenvalue weighted by molar-refractivity contribution is 0.612. The molecule has 1 heterocycles. The quantitative estimate of drug-likeness (QED) is 0.901. The summed E-state index contributed by atoms with van der Waals surface area (Å²) in [5.74, 6) is 1.63. The van der Waals surface area contributed by atoms with Gasteiger partial charge in [-0.05, 0) is 31.9 Å². The van der Waals surface area contributed by atoms with Crippen LogP contribution in [0, 0.1) is 5.82 Å². The van der Waals surface area contributed by atoms with E-state index in [1.165, 1.54) is 18.9 Å². The van der Waals surface area contributed by atoms with E-state index >= 15 is 0 Å². The first kappa shape index (κ1) is 14.3. The zero-order valence-electron chi connectivity index (χ0n) is 11.9. The van der Waals surface area contributed by atoms with Gasteiger partial charge in [-0.25, -0.2) is 14.4 Å². The summed E-state index contributed by atoms with van der Waals surface area (Å²) in [5.41, 5.74) is 1.50. The van der Waals surface area contributed by atoms with E-state index in [1.54, 1.807) is 12.1 Å². The van der Waals surface area contributed by atoms with Crippen LogP contribution in [0.25, 0.3) is 0 Å². The van der Waals surface area contributed by atoms with Crippen LogP contribution in [0.1, 0.15) is 42.8 Å². The van der Waals surface area contributed by atoms with Gasteiger partial charge in [0.15, 0.2) is 0 Å². The van der Waals surface area contributed by atoms with Crippen molar-refractivity contribution >= 4 is 17.4 Å². The van der Waals surface area contributed by atoms with Crippen LogP contribution in [0.3, 0.4) is 0 Å². The summed E-state index contributed by atoms with van der Waals surface area (Å²) in [6.07, 6.45) is 2.65. The van der Waals surface area contributed by atoms with E-state index in [-0.39, 0.29) is 5.82 Å². The minimum absolute atomic E-state index is 0.310. The lowest BCUT2D eigenvalue weighted by Gasteiger charge is -2.10. The topological polar surface area (TPSA) is 37.8 Å². The highest BCUT2D eigenvalue weighted by atomic mass is 35.5. The summed E-state index contributed by atoms with van der Waals surface area (Å²) in [7, 11) is 0. The van der Waals surface area contributed by atoms with E-state index in [1.807, 2.05) is 13.0 Å². The third kappa shape index (κ3) is 3.32. The van der Waals surface area contributed by atoms with Crippen LogP contribution in [0.4, 0.5) is 10.2 Å². The Labute approximate surface area is 128 Å². The Morgan fingerprint density at radius 3 is 2.81 bits per heavy atom. The van der Waals surface area contributed by atoms with Crippen molar-refractivity contribution in [2.24, 2.45) is 0 Å². The van der Waals surface area contributed by atoms with Crippen molar-refractivity contribution in [2.75, 3.05) is 11.9 Å². The zero-order valence-corrected chi connectivity index (χ0v) is 12.6. The molecule has 1 N–H and O–H groups in total. The standard InChI is InChI=1S/C16H17ClFN3/c1-2-19-15-9-14(10-6-7-10)20-16(21-15)8-11-12(17)4-3-5-13(11)18/h3-5,9-10H,2,6-8H2,1H3,(H,19,20,21). The third-order valence-electron chi connectivity index (χ3n) is 3.54. The molecule has 1 aliphatic carbocycles. The van der Waals surface area contributed by atoms with E-state index in [9.17, 15) is 4.39 Å². The van der Waals surface area contributed by atoms with Crippen LogP contribution in [0.2, 0.25) is 5.02 Å². The van der Waals surface area contributed by atoms with E-state index in [0.29, 0.717) is 28.7 Å². The monoisotopic (exact) mass is 305 g/mol. The van der Waals surface area contributed by atoms with Crippen LogP contribution >= 0.6 is 11.6 Å². The minimum atomic E-state index is -0.312. The van der Waals surface area contributed by atoms with Crippen molar-refractivity contribution in [1.29, 1.82) is 0 Å². The van der Waals surface area contributed by atoms with E-state index in [0.717, 1.165) is 18.1 Å². The Morgan fingerprint density at radius 2 is 2.14 bits per heavy atom. The van der Waals surface area contributed by atoms with Crippen molar-refractivity contribution in [2.45, 2.75) is 32.1 Å². The molecule has 5 heteroatoms. The van der Waals surface area contributed by atoms with Gasteiger partial charge in [-0.15, -0.1) is 0 Å². The van der Waals surface area contributed by atoms with Crippen LogP contribution in [0.15, 0.2) is 24.3 Å². The van der Waals surface area contributed by atoms with E-state index < -0.39 is 0 Å². The van der Waals surface area contributed by atoms with Crippen molar-refractivity contribution in [1.82, 2.24) is 9.97 Å². The summed E-state index contributed by atoms with van der Waals surface area (Å²) in [4.78, 5) is 9.04. The number of hydrogen-bond acceptors (Lipinski definition) is 3. The second-order valence-electron chi connectivity index (χ2n) is 5.28. The highest BCUT2D eigenvalue weighted by Gasteiger charge is 2.26. The van der Waals surface area contributed by atoms with Crippen molar-refractivity contribution < 1.29 is 4.39 Å². The second kappa shape index (κ2) is 5.98. The molecule has 0 spiro atoms. The molecule has 1 aromatic carbocycles. The van der Waals surface area contributed by atoms with Gasteiger partial charge in [-0.2, -0.15) is 0 Å². The SMILES string of the molecule is CCNc1cc(C2CC2)nc(Cc2c(F)cccc2Cl)n1. The first-order valence-corrected chi connectivity index (χ1v) is 7.59. The smallest absolute Gasteiger partial charge is 0.135 e. The Bertz CT molecular complexity index is 636. The lowest BCUT2D eigenvalue weighted by Crippen LogP contribution is -2.07. The number of nitrogens with zero attached hydrogens (tertiary/aromatic N) is 2. The highest BCUT2D eigenvalue weighted by molar-refractivity contribution is 6.31. The van der Waals surface area contributed by atoms with Gasteiger partial charge in [0.25, 0.3) is 0 Å². The maximum Gasteiger partial charge on any atom is 0.135 e. The normalized spacial score (nSPS) is 14.2. The lowest BCUT2D eigenvalue weighted by atomic mass is 10.1. The molecule has 3 nitrogen and oxygen atoms in total. The summed E-state index contributed by atoms with van der Waals surface area (Å²) in [6.45, 7) is 2.81.